The standard InChI is InChI=1S/C10H11N3O2/c1-7-4-10(15)13(12-7)9-3-2-8(6-14)5-11-9/h2-5,12,14H,6H2,1H3. The van der Waals surface area contributed by atoms with Gasteiger partial charge in [0.2, 0.25) is 0 Å². The van der Waals surface area contributed by atoms with Crippen molar-refractivity contribution < 1.29 is 5.11 Å². The van der Waals surface area contributed by atoms with Crippen LogP contribution in [0.3, 0.4) is 0 Å². The molecule has 0 aromatic carbocycles. The van der Waals surface area contributed by atoms with Crippen molar-refractivity contribution in [3.8, 4) is 5.82 Å². The van der Waals surface area contributed by atoms with Gasteiger partial charge in [0.15, 0.2) is 5.82 Å². The molecule has 2 rings (SSSR count). The van der Waals surface area contributed by atoms with Gasteiger partial charge in [0, 0.05) is 18.0 Å². The number of aromatic amines is 1. The SMILES string of the molecule is Cc1cc(=O)n(-c2ccc(CO)cn2)[nH]1. The van der Waals surface area contributed by atoms with E-state index in [0.717, 1.165) is 11.3 Å². The van der Waals surface area contributed by atoms with Crippen molar-refractivity contribution in [1.82, 2.24) is 14.8 Å². The summed E-state index contributed by atoms with van der Waals surface area (Å²) in [6.45, 7) is 1.76. The summed E-state index contributed by atoms with van der Waals surface area (Å²) in [5.41, 5.74) is 1.36. The van der Waals surface area contributed by atoms with Gasteiger partial charge in [0.1, 0.15) is 0 Å². The van der Waals surface area contributed by atoms with Crippen LogP contribution in [0.4, 0.5) is 0 Å². The zero-order valence-corrected chi connectivity index (χ0v) is 8.27. The number of aryl methyl sites for hydroxylation is 1. The van der Waals surface area contributed by atoms with Crippen LogP contribution in [-0.4, -0.2) is 19.9 Å². The third-order valence-corrected chi connectivity index (χ3v) is 2.07. The summed E-state index contributed by atoms with van der Waals surface area (Å²) in [5, 5.41) is 11.7. The molecule has 2 N–H and O–H groups in total. The number of nitrogens with one attached hydrogen (secondary N) is 1. The normalized spacial score (nSPS) is 10.5. The molecule has 0 saturated heterocycles. The number of pyridine rings is 1. The van der Waals surface area contributed by atoms with E-state index in [1.165, 1.54) is 16.9 Å². The summed E-state index contributed by atoms with van der Waals surface area (Å²) in [6, 6.07) is 4.91. The first kappa shape index (κ1) is 9.67. The van der Waals surface area contributed by atoms with Gasteiger partial charge in [-0.05, 0) is 18.6 Å². The van der Waals surface area contributed by atoms with Crippen molar-refractivity contribution >= 4 is 0 Å². The molecular weight excluding hydrogens is 194 g/mol. The number of hydrogen-bond acceptors (Lipinski definition) is 3. The average Bonchev–Trinajstić information content (AvgIpc) is 2.58. The van der Waals surface area contributed by atoms with Crippen LogP contribution in [0.15, 0.2) is 29.2 Å². The molecular formula is C10H11N3O2. The van der Waals surface area contributed by atoms with Crippen molar-refractivity contribution in [2.75, 3.05) is 0 Å². The molecule has 0 aliphatic rings. The highest BCUT2D eigenvalue weighted by Crippen LogP contribution is 2.03. The highest BCUT2D eigenvalue weighted by molar-refractivity contribution is 5.24. The van der Waals surface area contributed by atoms with Gasteiger partial charge in [0.05, 0.1) is 6.61 Å². The number of rotatable bonds is 2. The number of H-pyrrole nitrogens is 1. The van der Waals surface area contributed by atoms with Crippen LogP contribution >= 0.6 is 0 Å². The second-order valence-electron chi connectivity index (χ2n) is 3.30. The lowest BCUT2D eigenvalue weighted by Gasteiger charge is -2.01. The minimum Gasteiger partial charge on any atom is -0.392 e. The van der Waals surface area contributed by atoms with Crippen molar-refractivity contribution in [2.24, 2.45) is 0 Å². The lowest BCUT2D eigenvalue weighted by molar-refractivity contribution is 0.281. The molecule has 2 heterocycles. The van der Waals surface area contributed by atoms with E-state index in [0.29, 0.717) is 5.82 Å². The third kappa shape index (κ3) is 1.82. The van der Waals surface area contributed by atoms with E-state index in [1.54, 1.807) is 19.1 Å². The van der Waals surface area contributed by atoms with Crippen molar-refractivity contribution in [1.29, 1.82) is 0 Å². The third-order valence-electron chi connectivity index (χ3n) is 2.07. The maximum atomic E-state index is 11.4. The maximum Gasteiger partial charge on any atom is 0.272 e. The van der Waals surface area contributed by atoms with Gasteiger partial charge >= 0.3 is 0 Å². The molecule has 0 atom stereocenters. The van der Waals surface area contributed by atoms with E-state index in [2.05, 4.69) is 10.1 Å². The molecule has 0 fully saturated rings. The van der Waals surface area contributed by atoms with Crippen molar-refractivity contribution in [3.63, 3.8) is 0 Å². The Kier molecular flexibility index (Phi) is 2.39. The Labute approximate surface area is 86.0 Å². The van der Waals surface area contributed by atoms with Crippen molar-refractivity contribution in [2.45, 2.75) is 13.5 Å². The topological polar surface area (TPSA) is 70.9 Å². The predicted molar refractivity (Wildman–Crippen MR) is 54.8 cm³/mol. The molecule has 15 heavy (non-hydrogen) atoms. The van der Waals surface area contributed by atoms with Crippen molar-refractivity contribution in [3.05, 3.63) is 46.0 Å². The highest BCUT2D eigenvalue weighted by atomic mass is 16.3. The van der Waals surface area contributed by atoms with Crippen LogP contribution in [0, 0.1) is 6.92 Å². The first-order chi connectivity index (χ1) is 7.20. The Morgan fingerprint density at radius 2 is 2.33 bits per heavy atom. The first-order valence-electron chi connectivity index (χ1n) is 4.55. The summed E-state index contributed by atoms with van der Waals surface area (Å²) >= 11 is 0. The van der Waals surface area contributed by atoms with Crippen LogP contribution < -0.4 is 5.56 Å². The van der Waals surface area contributed by atoms with Crippen LogP contribution in [0.2, 0.25) is 0 Å². The molecule has 0 unspecified atom stereocenters. The minimum atomic E-state index is -0.142. The van der Waals surface area contributed by atoms with E-state index in [1.807, 2.05) is 0 Å². The van der Waals surface area contributed by atoms with Gasteiger partial charge in [0.25, 0.3) is 5.56 Å². The molecule has 0 radical (unpaired) electrons. The van der Waals surface area contributed by atoms with E-state index >= 15 is 0 Å². The van der Waals surface area contributed by atoms with Gasteiger partial charge in [-0.25, -0.2) is 9.67 Å². The summed E-state index contributed by atoms with van der Waals surface area (Å²) in [5.74, 6) is 0.519. The summed E-state index contributed by atoms with van der Waals surface area (Å²) < 4.78 is 1.36. The molecule has 0 bridgehead atoms. The predicted octanol–water partition coefficient (Wildman–Crippen LogP) is 0.361. The number of aromatic nitrogens is 3. The van der Waals surface area contributed by atoms with E-state index in [9.17, 15) is 4.79 Å². The lowest BCUT2D eigenvalue weighted by atomic mass is 10.3. The monoisotopic (exact) mass is 205 g/mol. The van der Waals surface area contributed by atoms with E-state index < -0.39 is 0 Å². The maximum absolute atomic E-state index is 11.4. The molecule has 0 saturated carbocycles. The van der Waals surface area contributed by atoms with Gasteiger partial charge in [-0.1, -0.05) is 6.07 Å². The molecule has 2 aromatic heterocycles. The molecule has 0 aliphatic carbocycles. The second-order valence-corrected chi connectivity index (χ2v) is 3.30. The Balaban J connectivity index is 2.45. The molecule has 5 heteroatoms. The van der Waals surface area contributed by atoms with E-state index in [-0.39, 0.29) is 12.2 Å². The highest BCUT2D eigenvalue weighted by Gasteiger charge is 2.03. The first-order valence-corrected chi connectivity index (χ1v) is 4.55. The Morgan fingerprint density at radius 1 is 1.53 bits per heavy atom. The molecule has 0 spiro atoms. The van der Waals surface area contributed by atoms with Gasteiger partial charge in [-0.3, -0.25) is 9.89 Å². The minimum absolute atomic E-state index is 0.0497. The van der Waals surface area contributed by atoms with E-state index in [4.69, 9.17) is 5.11 Å². The smallest absolute Gasteiger partial charge is 0.272 e. The molecule has 5 nitrogen and oxygen atoms in total. The average molecular weight is 205 g/mol. The Bertz CT molecular complexity index is 510. The quantitative estimate of drug-likeness (QED) is 0.743. The van der Waals surface area contributed by atoms with Crippen LogP contribution in [-0.2, 0) is 6.61 Å². The fraction of sp³-hybridized carbons (Fsp3) is 0.200. The van der Waals surface area contributed by atoms with Crippen LogP contribution in [0.1, 0.15) is 11.3 Å². The van der Waals surface area contributed by atoms with Gasteiger partial charge in [-0.15, -0.1) is 0 Å². The fourth-order valence-corrected chi connectivity index (χ4v) is 1.33. The lowest BCUT2D eigenvalue weighted by Crippen LogP contribution is -2.14. The van der Waals surface area contributed by atoms with Gasteiger partial charge in [-0.2, -0.15) is 0 Å². The number of aliphatic hydroxyl groups excluding tert-OH is 1. The number of hydrogen-bond donors (Lipinski definition) is 2. The summed E-state index contributed by atoms with van der Waals surface area (Å²) in [4.78, 5) is 15.5. The molecule has 0 amide bonds. The zero-order chi connectivity index (χ0) is 10.8. The van der Waals surface area contributed by atoms with Gasteiger partial charge < -0.3 is 5.11 Å². The zero-order valence-electron chi connectivity index (χ0n) is 8.27. The number of nitrogens with zero attached hydrogens (tertiary/aromatic N) is 2. The summed E-state index contributed by atoms with van der Waals surface area (Å²) in [7, 11) is 0. The second kappa shape index (κ2) is 3.70. The van der Waals surface area contributed by atoms with Crippen LogP contribution in [0.25, 0.3) is 5.82 Å². The number of aliphatic hydroxyl groups is 1. The molecule has 78 valence electrons. The molecule has 2 aromatic rings. The van der Waals surface area contributed by atoms with Crippen LogP contribution in [0.5, 0.6) is 0 Å². The molecule has 0 aliphatic heterocycles. The Morgan fingerprint density at radius 3 is 2.80 bits per heavy atom. The summed E-state index contributed by atoms with van der Waals surface area (Å²) in [6.07, 6.45) is 1.54. The Hall–Kier alpha value is -1.88. The largest absolute Gasteiger partial charge is 0.392 e. The fourth-order valence-electron chi connectivity index (χ4n) is 1.33.